The molecule has 68 valence electrons. The van der Waals surface area contributed by atoms with Crippen LogP contribution in [0.1, 0.15) is 21.1 Å². The molecule has 1 saturated carbocycles. The van der Waals surface area contributed by atoms with Gasteiger partial charge in [0.15, 0.2) is 0 Å². The highest BCUT2D eigenvalue weighted by atomic mass is 15.3. The second kappa shape index (κ2) is 2.28. The topological polar surface area (TPSA) is 3.24 Å². The Morgan fingerprint density at radius 1 is 1.46 bits per heavy atom. The standard InChI is InChI=1S/C12H15N/c1-12-9-10(12)7-8-13(12)11-5-3-2-4-6-11/h2-6,10H,7-9H2,1H3/t10-,12+/m0/s1/i10D. The number of piperidine rings is 1. The number of anilines is 1. The van der Waals surface area contributed by atoms with Crippen LogP contribution >= 0.6 is 0 Å². The molecule has 1 aromatic carbocycles. The molecule has 0 amide bonds. The summed E-state index contributed by atoms with van der Waals surface area (Å²) in [6, 6.07) is 10.5. The van der Waals surface area contributed by atoms with Crippen LogP contribution in [0.2, 0.25) is 0 Å². The first-order valence-corrected chi connectivity index (χ1v) is 4.98. The molecule has 0 unspecified atom stereocenters. The zero-order valence-corrected chi connectivity index (χ0v) is 7.96. The van der Waals surface area contributed by atoms with Gasteiger partial charge in [-0.25, -0.2) is 0 Å². The summed E-state index contributed by atoms with van der Waals surface area (Å²) < 4.78 is 8.20. The Morgan fingerprint density at radius 3 is 2.77 bits per heavy atom. The van der Waals surface area contributed by atoms with Gasteiger partial charge in [0.05, 0.1) is 0 Å². The van der Waals surface area contributed by atoms with Crippen LogP contribution in [0.5, 0.6) is 0 Å². The van der Waals surface area contributed by atoms with E-state index in [2.05, 4.69) is 36.1 Å². The van der Waals surface area contributed by atoms with E-state index in [-0.39, 0.29) is 11.4 Å². The minimum Gasteiger partial charge on any atom is -0.366 e. The molecule has 1 saturated heterocycles. The van der Waals surface area contributed by atoms with Crippen molar-refractivity contribution >= 4 is 5.69 Å². The zero-order chi connectivity index (χ0) is 9.81. The quantitative estimate of drug-likeness (QED) is 0.632. The smallest absolute Gasteiger partial charge is 0.0407 e. The first-order chi connectivity index (χ1) is 6.66. The van der Waals surface area contributed by atoms with Crippen molar-refractivity contribution in [2.24, 2.45) is 5.89 Å². The molecule has 0 N–H and O–H groups in total. The maximum atomic E-state index is 8.20. The van der Waals surface area contributed by atoms with Gasteiger partial charge >= 0.3 is 0 Å². The van der Waals surface area contributed by atoms with Crippen LogP contribution in [0.25, 0.3) is 0 Å². The third-order valence-electron chi connectivity index (χ3n) is 3.50. The first-order valence-electron chi connectivity index (χ1n) is 5.48. The Kier molecular flexibility index (Phi) is 1.14. The molecule has 2 aliphatic rings. The summed E-state index contributed by atoms with van der Waals surface area (Å²) in [6.45, 7) is 3.27. The molecule has 1 heterocycles. The van der Waals surface area contributed by atoms with E-state index in [0.29, 0.717) is 0 Å². The van der Waals surface area contributed by atoms with Gasteiger partial charge in [-0.2, -0.15) is 0 Å². The fraction of sp³-hybridized carbons (Fsp3) is 0.500. The van der Waals surface area contributed by atoms with Crippen molar-refractivity contribution in [2.75, 3.05) is 11.4 Å². The molecule has 0 spiro atoms. The molecular weight excluding hydrogens is 158 g/mol. The molecule has 0 bridgehead atoms. The van der Waals surface area contributed by atoms with Gasteiger partial charge in [-0.05, 0) is 37.8 Å². The predicted octanol–water partition coefficient (Wildman–Crippen LogP) is 2.68. The lowest BCUT2D eigenvalue weighted by atomic mass is 10.2. The molecular formula is C12H15N. The van der Waals surface area contributed by atoms with Crippen molar-refractivity contribution in [1.82, 2.24) is 0 Å². The molecule has 0 radical (unpaired) electrons. The molecule has 1 aliphatic heterocycles. The number of benzene rings is 1. The molecule has 1 aromatic rings. The van der Waals surface area contributed by atoms with Gasteiger partial charge < -0.3 is 4.90 Å². The Morgan fingerprint density at radius 2 is 2.23 bits per heavy atom. The van der Waals surface area contributed by atoms with Crippen LogP contribution in [0, 0.1) is 5.89 Å². The van der Waals surface area contributed by atoms with Crippen LogP contribution in [-0.4, -0.2) is 12.1 Å². The number of para-hydroxylation sites is 1. The van der Waals surface area contributed by atoms with Crippen LogP contribution in [0.4, 0.5) is 5.69 Å². The van der Waals surface area contributed by atoms with Crippen LogP contribution < -0.4 is 4.90 Å². The average Bonchev–Trinajstić information content (AvgIpc) is 2.62. The van der Waals surface area contributed by atoms with Gasteiger partial charge in [-0.1, -0.05) is 18.2 Å². The highest BCUT2D eigenvalue weighted by molar-refractivity contribution is 5.53. The van der Waals surface area contributed by atoms with E-state index in [1.54, 1.807) is 0 Å². The third-order valence-corrected chi connectivity index (χ3v) is 3.50. The molecule has 2 fully saturated rings. The fourth-order valence-corrected chi connectivity index (χ4v) is 2.53. The number of fused-ring (bicyclic) bond motifs is 1. The normalized spacial score (nSPS) is 42.8. The maximum Gasteiger partial charge on any atom is 0.0407 e. The Bertz CT molecular complexity index is 360. The third kappa shape index (κ3) is 0.932. The number of hydrogen-bond acceptors (Lipinski definition) is 1. The van der Waals surface area contributed by atoms with E-state index < -0.39 is 0 Å². The highest BCUT2D eigenvalue weighted by Gasteiger charge is 2.58. The second-order valence-electron chi connectivity index (χ2n) is 4.29. The Labute approximate surface area is 80.8 Å². The largest absolute Gasteiger partial charge is 0.366 e. The first kappa shape index (κ1) is 6.47. The summed E-state index contributed by atoms with van der Waals surface area (Å²) in [5, 5.41) is 0. The van der Waals surface area contributed by atoms with Gasteiger partial charge in [-0.3, -0.25) is 0 Å². The predicted molar refractivity (Wildman–Crippen MR) is 54.9 cm³/mol. The summed E-state index contributed by atoms with van der Waals surface area (Å²) in [6.07, 6.45) is 2.06. The molecule has 1 heteroatoms. The van der Waals surface area contributed by atoms with Gasteiger partial charge in [0.25, 0.3) is 0 Å². The van der Waals surface area contributed by atoms with Crippen LogP contribution in [0.15, 0.2) is 30.3 Å². The van der Waals surface area contributed by atoms with Crippen molar-refractivity contribution in [1.29, 1.82) is 0 Å². The van der Waals surface area contributed by atoms with Crippen molar-refractivity contribution < 1.29 is 1.37 Å². The average molecular weight is 174 g/mol. The maximum absolute atomic E-state index is 8.20. The minimum absolute atomic E-state index is 0.119. The lowest BCUT2D eigenvalue weighted by Crippen LogP contribution is -2.31. The highest BCUT2D eigenvalue weighted by Crippen LogP contribution is 2.56. The summed E-state index contributed by atoms with van der Waals surface area (Å²) in [7, 11) is 0. The van der Waals surface area contributed by atoms with Crippen LogP contribution in [-0.2, 0) is 0 Å². The van der Waals surface area contributed by atoms with Gasteiger partial charge in [-0.15, -0.1) is 0 Å². The SMILES string of the molecule is [2H][C@@]12CCN(c3ccccc3)[C@]1(C)C2. The Balaban J connectivity index is 1.96. The van der Waals surface area contributed by atoms with Crippen molar-refractivity contribution in [3.8, 4) is 0 Å². The van der Waals surface area contributed by atoms with Gasteiger partial charge in [0, 0.05) is 19.1 Å². The summed E-state index contributed by atoms with van der Waals surface area (Å²) in [5.74, 6) is -0.150. The molecule has 0 aromatic heterocycles. The van der Waals surface area contributed by atoms with E-state index in [1.165, 1.54) is 5.69 Å². The Hall–Kier alpha value is -0.980. The summed E-state index contributed by atoms with van der Waals surface area (Å²) in [5.41, 5.74) is 1.40. The summed E-state index contributed by atoms with van der Waals surface area (Å²) in [4.78, 5) is 2.40. The van der Waals surface area contributed by atoms with E-state index in [0.717, 1.165) is 19.4 Å². The van der Waals surface area contributed by atoms with Gasteiger partial charge in [0.2, 0.25) is 0 Å². The molecule has 2 atom stereocenters. The fourth-order valence-electron chi connectivity index (χ4n) is 2.53. The number of hydrogen-bond donors (Lipinski definition) is 0. The van der Waals surface area contributed by atoms with Crippen LogP contribution in [0.3, 0.4) is 0 Å². The van der Waals surface area contributed by atoms with E-state index in [9.17, 15) is 0 Å². The lowest BCUT2D eigenvalue weighted by molar-refractivity contribution is 0.688. The minimum atomic E-state index is -0.150. The summed E-state index contributed by atoms with van der Waals surface area (Å²) >= 11 is 0. The second-order valence-corrected chi connectivity index (χ2v) is 4.29. The zero-order valence-electron chi connectivity index (χ0n) is 8.96. The van der Waals surface area contributed by atoms with E-state index >= 15 is 0 Å². The monoisotopic (exact) mass is 174 g/mol. The molecule has 13 heavy (non-hydrogen) atoms. The van der Waals surface area contributed by atoms with Crippen molar-refractivity contribution in [3.63, 3.8) is 0 Å². The molecule has 3 rings (SSSR count). The van der Waals surface area contributed by atoms with E-state index in [1.807, 2.05) is 6.07 Å². The molecule has 1 aliphatic carbocycles. The van der Waals surface area contributed by atoms with E-state index in [4.69, 9.17) is 1.37 Å². The number of rotatable bonds is 1. The lowest BCUT2D eigenvalue weighted by Gasteiger charge is -2.27. The molecule has 1 nitrogen and oxygen atoms in total. The van der Waals surface area contributed by atoms with Crippen molar-refractivity contribution in [2.45, 2.75) is 25.3 Å². The number of nitrogens with zero attached hydrogens (tertiary/aromatic N) is 1. The van der Waals surface area contributed by atoms with Gasteiger partial charge in [0.1, 0.15) is 0 Å². The van der Waals surface area contributed by atoms with Crippen molar-refractivity contribution in [3.05, 3.63) is 30.3 Å².